The highest BCUT2D eigenvalue weighted by Crippen LogP contribution is 2.42. The molecule has 2 aliphatic carbocycles. The smallest absolute Gasteiger partial charge is 0.0843 e. The Hall–Kier alpha value is -0.590. The number of hydrogen-bond donors (Lipinski definition) is 0. The SMILES string of the molecule is C1CCC2CCCC3=NC3=C2C1. The normalized spacial score (nSPS) is 33.3. The molecule has 1 saturated carbocycles. The number of hydrogen-bond acceptors (Lipinski definition) is 1. The van der Waals surface area contributed by atoms with Crippen LogP contribution >= 0.6 is 0 Å². The molecule has 1 heteroatoms. The summed E-state index contributed by atoms with van der Waals surface area (Å²) in [5, 5.41) is 0. The maximum absolute atomic E-state index is 4.49. The average Bonchev–Trinajstić information content (AvgIpc) is 2.82. The Balaban J connectivity index is 1.92. The van der Waals surface area contributed by atoms with Crippen LogP contribution in [0.25, 0.3) is 0 Å². The van der Waals surface area contributed by atoms with E-state index in [1.165, 1.54) is 56.4 Å². The van der Waals surface area contributed by atoms with Crippen LogP contribution in [0.2, 0.25) is 0 Å². The van der Waals surface area contributed by atoms with Crippen molar-refractivity contribution in [1.29, 1.82) is 0 Å². The van der Waals surface area contributed by atoms with Gasteiger partial charge in [0.25, 0.3) is 0 Å². The molecule has 0 radical (unpaired) electrons. The topological polar surface area (TPSA) is 12.4 Å². The van der Waals surface area contributed by atoms with Gasteiger partial charge >= 0.3 is 0 Å². The minimum absolute atomic E-state index is 0.928. The Morgan fingerprint density at radius 2 is 1.92 bits per heavy atom. The molecule has 0 amide bonds. The monoisotopic (exact) mass is 161 g/mol. The van der Waals surface area contributed by atoms with Crippen molar-refractivity contribution >= 4 is 5.71 Å². The third-order valence-corrected chi connectivity index (χ3v) is 3.48. The first kappa shape index (κ1) is 6.88. The Bertz CT molecular complexity index is 273. The fourth-order valence-electron chi connectivity index (χ4n) is 2.77. The van der Waals surface area contributed by atoms with E-state index in [1.54, 1.807) is 5.57 Å². The number of rotatable bonds is 0. The zero-order valence-electron chi connectivity index (χ0n) is 7.47. The maximum atomic E-state index is 4.49. The van der Waals surface area contributed by atoms with E-state index in [-0.39, 0.29) is 0 Å². The summed E-state index contributed by atoms with van der Waals surface area (Å²) in [6.45, 7) is 0. The second kappa shape index (κ2) is 2.45. The molecule has 3 aliphatic rings. The van der Waals surface area contributed by atoms with Gasteiger partial charge in [0.2, 0.25) is 0 Å². The summed E-state index contributed by atoms with van der Waals surface area (Å²) in [6, 6.07) is 0. The molecule has 1 nitrogen and oxygen atoms in total. The van der Waals surface area contributed by atoms with Crippen LogP contribution in [0, 0.1) is 5.92 Å². The van der Waals surface area contributed by atoms with E-state index < -0.39 is 0 Å². The molecule has 0 aromatic heterocycles. The van der Waals surface area contributed by atoms with Gasteiger partial charge in [-0.3, -0.25) is 0 Å². The van der Waals surface area contributed by atoms with Crippen molar-refractivity contribution in [2.24, 2.45) is 10.9 Å². The first-order valence-electron chi connectivity index (χ1n) is 5.26. The number of aliphatic imine (C=N–C) groups is 1. The summed E-state index contributed by atoms with van der Waals surface area (Å²) in [5.74, 6) is 0.928. The molecule has 0 N–H and O–H groups in total. The quantitative estimate of drug-likeness (QED) is 0.517. The Labute approximate surface area is 73.6 Å². The lowest BCUT2D eigenvalue weighted by molar-refractivity contribution is 0.423. The summed E-state index contributed by atoms with van der Waals surface area (Å²) < 4.78 is 0. The van der Waals surface area contributed by atoms with Crippen LogP contribution in [-0.2, 0) is 0 Å². The van der Waals surface area contributed by atoms with Gasteiger partial charge in [0, 0.05) is 0 Å². The van der Waals surface area contributed by atoms with E-state index in [2.05, 4.69) is 4.99 Å². The second-order valence-electron chi connectivity index (χ2n) is 4.27. The minimum Gasteiger partial charge on any atom is -0.249 e. The largest absolute Gasteiger partial charge is 0.249 e. The molecule has 12 heavy (non-hydrogen) atoms. The van der Waals surface area contributed by atoms with Gasteiger partial charge in [-0.1, -0.05) is 6.42 Å². The first-order chi connectivity index (χ1) is 5.95. The molecule has 0 saturated heterocycles. The zero-order chi connectivity index (χ0) is 7.97. The third kappa shape index (κ3) is 0.954. The first-order valence-corrected chi connectivity index (χ1v) is 5.26. The molecule has 1 heterocycles. The van der Waals surface area contributed by atoms with E-state index in [9.17, 15) is 0 Å². The second-order valence-corrected chi connectivity index (χ2v) is 4.27. The zero-order valence-corrected chi connectivity index (χ0v) is 7.47. The molecule has 1 fully saturated rings. The highest BCUT2D eigenvalue weighted by Gasteiger charge is 2.32. The van der Waals surface area contributed by atoms with Gasteiger partial charge in [-0.05, 0) is 50.0 Å². The Morgan fingerprint density at radius 1 is 1.00 bits per heavy atom. The lowest BCUT2D eigenvalue weighted by Gasteiger charge is -2.23. The van der Waals surface area contributed by atoms with E-state index >= 15 is 0 Å². The van der Waals surface area contributed by atoms with Crippen LogP contribution in [0.15, 0.2) is 16.3 Å². The molecule has 0 aromatic rings. The predicted molar refractivity (Wildman–Crippen MR) is 50.3 cm³/mol. The van der Waals surface area contributed by atoms with Crippen molar-refractivity contribution in [3.05, 3.63) is 11.3 Å². The number of allylic oxidation sites excluding steroid dienone is 2. The van der Waals surface area contributed by atoms with E-state index in [0.29, 0.717) is 0 Å². The molecule has 1 unspecified atom stereocenters. The van der Waals surface area contributed by atoms with Crippen LogP contribution in [0.1, 0.15) is 44.9 Å². The fourth-order valence-corrected chi connectivity index (χ4v) is 2.77. The summed E-state index contributed by atoms with van der Waals surface area (Å²) in [7, 11) is 0. The highest BCUT2D eigenvalue weighted by molar-refractivity contribution is 6.13. The predicted octanol–water partition coefficient (Wildman–Crippen LogP) is 3.07. The summed E-state index contributed by atoms with van der Waals surface area (Å²) in [6.07, 6.45) is 9.77. The molecule has 3 rings (SSSR count). The van der Waals surface area contributed by atoms with Gasteiger partial charge < -0.3 is 0 Å². The van der Waals surface area contributed by atoms with Gasteiger partial charge in [-0.2, -0.15) is 0 Å². The van der Waals surface area contributed by atoms with Crippen molar-refractivity contribution in [3.63, 3.8) is 0 Å². The molecule has 0 aromatic carbocycles. The Kier molecular flexibility index (Phi) is 1.40. The van der Waals surface area contributed by atoms with Crippen LogP contribution < -0.4 is 0 Å². The van der Waals surface area contributed by atoms with E-state index in [4.69, 9.17) is 0 Å². The number of nitrogens with zero attached hydrogens (tertiary/aromatic N) is 1. The van der Waals surface area contributed by atoms with E-state index in [1.807, 2.05) is 0 Å². The highest BCUT2D eigenvalue weighted by atomic mass is 14.9. The van der Waals surface area contributed by atoms with Crippen LogP contribution in [-0.4, -0.2) is 5.71 Å². The minimum atomic E-state index is 0.928. The lowest BCUT2D eigenvalue weighted by Crippen LogP contribution is -2.09. The van der Waals surface area contributed by atoms with Gasteiger partial charge in [-0.25, -0.2) is 4.99 Å². The summed E-state index contributed by atoms with van der Waals surface area (Å²) in [4.78, 5) is 4.49. The fraction of sp³-hybridized carbons (Fsp3) is 0.727. The molecular weight excluding hydrogens is 146 g/mol. The van der Waals surface area contributed by atoms with Gasteiger partial charge in [0.1, 0.15) is 0 Å². The van der Waals surface area contributed by atoms with Crippen LogP contribution in [0.5, 0.6) is 0 Å². The Morgan fingerprint density at radius 3 is 2.92 bits per heavy atom. The van der Waals surface area contributed by atoms with E-state index in [0.717, 1.165) is 5.92 Å². The van der Waals surface area contributed by atoms with Gasteiger partial charge in [0.15, 0.2) is 0 Å². The van der Waals surface area contributed by atoms with Gasteiger partial charge in [-0.15, -0.1) is 0 Å². The lowest BCUT2D eigenvalue weighted by atomic mass is 9.82. The number of fused-ring (bicyclic) bond motifs is 2. The molecule has 1 aliphatic heterocycles. The third-order valence-electron chi connectivity index (χ3n) is 3.48. The molecule has 0 spiro atoms. The summed E-state index contributed by atoms with van der Waals surface area (Å²) in [5.41, 5.74) is 4.64. The molecule has 0 bridgehead atoms. The molecule has 64 valence electrons. The van der Waals surface area contributed by atoms with Crippen molar-refractivity contribution < 1.29 is 0 Å². The van der Waals surface area contributed by atoms with Crippen molar-refractivity contribution in [1.82, 2.24) is 0 Å². The molecular formula is C11H15N. The average molecular weight is 161 g/mol. The maximum Gasteiger partial charge on any atom is 0.0843 e. The van der Waals surface area contributed by atoms with Crippen molar-refractivity contribution in [2.75, 3.05) is 0 Å². The van der Waals surface area contributed by atoms with Crippen molar-refractivity contribution in [3.8, 4) is 0 Å². The standard InChI is InChI=1S/C11H15N/c1-2-6-9-8(4-1)5-3-7-10-11(9)12-10/h8H,1-7H2. The van der Waals surface area contributed by atoms with Gasteiger partial charge in [0.05, 0.1) is 11.4 Å². The van der Waals surface area contributed by atoms with Crippen LogP contribution in [0.3, 0.4) is 0 Å². The molecule has 1 atom stereocenters. The van der Waals surface area contributed by atoms with Crippen molar-refractivity contribution in [2.45, 2.75) is 44.9 Å². The van der Waals surface area contributed by atoms with Crippen LogP contribution in [0.4, 0.5) is 0 Å². The summed E-state index contributed by atoms with van der Waals surface area (Å²) >= 11 is 0.